The maximum absolute atomic E-state index is 10.7. The van der Waals surface area contributed by atoms with Gasteiger partial charge in [0, 0.05) is 16.8 Å². The van der Waals surface area contributed by atoms with Gasteiger partial charge in [-0.2, -0.15) is 0 Å². The Morgan fingerprint density at radius 3 is 2.64 bits per heavy atom. The van der Waals surface area contributed by atoms with Crippen LogP contribution in [-0.2, 0) is 13.0 Å². The zero-order valence-corrected chi connectivity index (χ0v) is 12.5. The fourth-order valence-electron chi connectivity index (χ4n) is 2.28. The Hall–Kier alpha value is -2.46. The lowest BCUT2D eigenvalue weighted by Gasteiger charge is -2.03. The number of nitrogens with zero attached hydrogens (tertiary/aromatic N) is 2. The fraction of sp³-hybridized carbons (Fsp3) is 0.118. The molecule has 0 aliphatic rings. The number of carbonyl (C=O) groups is 1. The number of carboxylic acid groups (broad SMARTS) is 1. The zero-order chi connectivity index (χ0) is 15.5. The number of aromatic nitrogens is 2. The van der Waals surface area contributed by atoms with Crippen molar-refractivity contribution in [3.63, 3.8) is 0 Å². The highest BCUT2D eigenvalue weighted by Gasteiger charge is 2.06. The van der Waals surface area contributed by atoms with E-state index in [1.54, 1.807) is 24.3 Å². The van der Waals surface area contributed by atoms with E-state index >= 15 is 0 Å². The standard InChI is InChI=1S/C17H13ClN2O2/c18-16-6-5-14-10-19-20(11-15(14)9-16)8-7-12-1-3-13(4-2-12)17(21)22/h1-6,9-11H,7-8H2. The van der Waals surface area contributed by atoms with Crippen LogP contribution in [0.4, 0.5) is 0 Å². The Bertz CT molecular complexity index is 832. The molecule has 110 valence electrons. The average Bonchev–Trinajstić information content (AvgIpc) is 2.53. The summed E-state index contributed by atoms with van der Waals surface area (Å²) in [5.41, 5.74) is 1.24. The van der Waals surface area contributed by atoms with E-state index in [0.29, 0.717) is 11.6 Å². The molecule has 2 aromatic carbocycles. The first-order chi connectivity index (χ1) is 10.6. The van der Waals surface area contributed by atoms with Gasteiger partial charge in [0.2, 0.25) is 6.20 Å². The normalized spacial score (nSPS) is 10.8. The minimum Gasteiger partial charge on any atom is -0.545 e. The molecule has 1 aromatic heterocycles. The van der Waals surface area contributed by atoms with E-state index in [1.807, 2.05) is 35.3 Å². The van der Waals surface area contributed by atoms with Crippen LogP contribution < -0.4 is 9.79 Å². The van der Waals surface area contributed by atoms with Gasteiger partial charge in [-0.05, 0) is 28.4 Å². The molecule has 0 aliphatic heterocycles. The molecule has 0 atom stereocenters. The summed E-state index contributed by atoms with van der Waals surface area (Å²) < 4.78 is 1.85. The molecule has 0 spiro atoms. The topological polar surface area (TPSA) is 56.9 Å². The van der Waals surface area contributed by atoms with Crippen molar-refractivity contribution >= 4 is 28.3 Å². The molecule has 3 rings (SSSR count). The second kappa shape index (κ2) is 6.12. The van der Waals surface area contributed by atoms with Crippen LogP contribution in [0.15, 0.2) is 54.9 Å². The summed E-state index contributed by atoms with van der Waals surface area (Å²) in [6.07, 6.45) is 4.53. The van der Waals surface area contributed by atoms with Crippen molar-refractivity contribution in [2.24, 2.45) is 0 Å². The molecule has 1 heterocycles. The van der Waals surface area contributed by atoms with Gasteiger partial charge in [-0.3, -0.25) is 0 Å². The predicted molar refractivity (Wildman–Crippen MR) is 81.4 cm³/mol. The molecule has 3 aromatic rings. The molecule has 22 heavy (non-hydrogen) atoms. The molecular weight excluding hydrogens is 300 g/mol. The summed E-state index contributed by atoms with van der Waals surface area (Å²) >= 11 is 6.00. The first-order valence-corrected chi connectivity index (χ1v) is 7.25. The van der Waals surface area contributed by atoms with Gasteiger partial charge in [0.25, 0.3) is 0 Å². The lowest BCUT2D eigenvalue weighted by molar-refractivity contribution is -0.752. The number of halogens is 1. The molecule has 0 radical (unpaired) electrons. The van der Waals surface area contributed by atoms with E-state index < -0.39 is 5.97 Å². The van der Waals surface area contributed by atoms with Gasteiger partial charge in [0.1, 0.15) is 6.20 Å². The molecule has 5 heteroatoms. The smallest absolute Gasteiger partial charge is 0.204 e. The van der Waals surface area contributed by atoms with Gasteiger partial charge in [-0.15, -0.1) is 0 Å². The van der Waals surface area contributed by atoms with Gasteiger partial charge in [-0.25, -0.2) is 0 Å². The molecule has 0 amide bonds. The van der Waals surface area contributed by atoms with Gasteiger partial charge in [0.05, 0.1) is 11.4 Å². The number of hydrogen-bond acceptors (Lipinski definition) is 3. The van der Waals surface area contributed by atoms with Crippen molar-refractivity contribution in [3.8, 4) is 0 Å². The quantitative estimate of drug-likeness (QED) is 0.690. The SMILES string of the molecule is O=C([O-])c1ccc(CC[n+]2cc3cc(Cl)ccc3cn2)cc1. The third kappa shape index (κ3) is 3.23. The molecule has 0 saturated carbocycles. The first kappa shape index (κ1) is 14.5. The van der Waals surface area contributed by atoms with Gasteiger partial charge in [0.15, 0.2) is 6.54 Å². The van der Waals surface area contributed by atoms with Crippen LogP contribution in [0.2, 0.25) is 5.02 Å². The van der Waals surface area contributed by atoms with E-state index in [2.05, 4.69) is 5.10 Å². The zero-order valence-electron chi connectivity index (χ0n) is 11.7. The van der Waals surface area contributed by atoms with Crippen molar-refractivity contribution in [1.82, 2.24) is 5.10 Å². The summed E-state index contributed by atoms with van der Waals surface area (Å²) in [5.74, 6) is -1.16. The molecule has 4 nitrogen and oxygen atoms in total. The Balaban J connectivity index is 1.74. The Labute approximate surface area is 132 Å². The van der Waals surface area contributed by atoms with Crippen LogP contribution in [0.3, 0.4) is 0 Å². The summed E-state index contributed by atoms with van der Waals surface area (Å²) in [6.45, 7) is 0.702. The van der Waals surface area contributed by atoms with Crippen molar-refractivity contribution in [3.05, 3.63) is 71.0 Å². The summed E-state index contributed by atoms with van der Waals surface area (Å²) in [7, 11) is 0. The third-order valence-corrected chi connectivity index (χ3v) is 3.74. The van der Waals surface area contributed by atoms with Gasteiger partial charge in [-0.1, -0.05) is 46.6 Å². The molecule has 0 aliphatic carbocycles. The molecule has 0 N–H and O–H groups in total. The highest BCUT2D eigenvalue weighted by atomic mass is 35.5. The molecule has 0 unspecified atom stereocenters. The van der Waals surface area contributed by atoms with Crippen LogP contribution in [0.1, 0.15) is 15.9 Å². The lowest BCUT2D eigenvalue weighted by atomic mass is 10.1. The number of fused-ring (bicyclic) bond motifs is 1. The molecule has 0 bridgehead atoms. The van der Waals surface area contributed by atoms with Crippen molar-refractivity contribution in [2.45, 2.75) is 13.0 Å². The maximum Gasteiger partial charge on any atom is 0.204 e. The van der Waals surface area contributed by atoms with E-state index in [9.17, 15) is 9.90 Å². The van der Waals surface area contributed by atoms with Crippen LogP contribution in [-0.4, -0.2) is 11.1 Å². The Morgan fingerprint density at radius 1 is 1.14 bits per heavy atom. The highest BCUT2D eigenvalue weighted by Crippen LogP contribution is 2.16. The number of benzene rings is 2. The third-order valence-electron chi connectivity index (χ3n) is 3.50. The Morgan fingerprint density at radius 2 is 1.91 bits per heavy atom. The van der Waals surface area contributed by atoms with E-state index in [1.165, 1.54) is 0 Å². The Kier molecular flexibility index (Phi) is 4.02. The fourth-order valence-corrected chi connectivity index (χ4v) is 2.46. The highest BCUT2D eigenvalue weighted by molar-refractivity contribution is 6.31. The van der Waals surface area contributed by atoms with Gasteiger partial charge < -0.3 is 9.90 Å². The van der Waals surface area contributed by atoms with Crippen molar-refractivity contribution in [1.29, 1.82) is 0 Å². The second-order valence-corrected chi connectivity index (χ2v) is 5.48. The number of carbonyl (C=O) groups excluding carboxylic acids is 1. The minimum atomic E-state index is -1.16. The van der Waals surface area contributed by atoms with Crippen molar-refractivity contribution in [2.75, 3.05) is 0 Å². The maximum atomic E-state index is 10.7. The predicted octanol–water partition coefficient (Wildman–Crippen LogP) is 1.78. The number of aryl methyl sites for hydroxylation is 2. The summed E-state index contributed by atoms with van der Waals surface area (Å²) in [5, 5.41) is 17.8. The van der Waals surface area contributed by atoms with E-state index in [-0.39, 0.29) is 5.56 Å². The van der Waals surface area contributed by atoms with Crippen LogP contribution in [0.5, 0.6) is 0 Å². The van der Waals surface area contributed by atoms with Crippen LogP contribution in [0, 0.1) is 0 Å². The second-order valence-electron chi connectivity index (χ2n) is 5.04. The monoisotopic (exact) mass is 312 g/mol. The first-order valence-electron chi connectivity index (χ1n) is 6.87. The van der Waals surface area contributed by atoms with Crippen LogP contribution in [0.25, 0.3) is 10.8 Å². The summed E-state index contributed by atoms with van der Waals surface area (Å²) in [4.78, 5) is 10.7. The molecule has 0 saturated heterocycles. The average molecular weight is 313 g/mol. The molecule has 0 fully saturated rings. The number of rotatable bonds is 4. The van der Waals surface area contributed by atoms with E-state index in [4.69, 9.17) is 11.6 Å². The van der Waals surface area contributed by atoms with E-state index in [0.717, 1.165) is 22.8 Å². The summed E-state index contributed by atoms with van der Waals surface area (Å²) in [6, 6.07) is 12.4. The van der Waals surface area contributed by atoms with Crippen molar-refractivity contribution < 1.29 is 14.6 Å². The van der Waals surface area contributed by atoms with Gasteiger partial charge >= 0.3 is 0 Å². The number of hydrogen-bond donors (Lipinski definition) is 0. The molecular formula is C17H13ClN2O2. The minimum absolute atomic E-state index is 0.190. The van der Waals surface area contributed by atoms with Crippen LogP contribution >= 0.6 is 11.6 Å². The lowest BCUT2D eigenvalue weighted by Crippen LogP contribution is -2.38. The largest absolute Gasteiger partial charge is 0.545 e. The number of aromatic carboxylic acids is 1. The number of carboxylic acids is 1.